The molecule has 1 atom stereocenters. The zero-order valence-electron chi connectivity index (χ0n) is 20.6. The minimum atomic E-state index is -4.07. The van der Waals surface area contributed by atoms with Crippen LogP contribution in [0.3, 0.4) is 0 Å². The molecule has 0 amide bonds. The molecule has 0 aliphatic carbocycles. The number of methoxy groups -OCH3 is 1. The highest BCUT2D eigenvalue weighted by molar-refractivity contribution is 7.89. The Morgan fingerprint density at radius 1 is 1.08 bits per heavy atom. The highest BCUT2D eigenvalue weighted by Gasteiger charge is 2.32. The fraction of sp³-hybridized carbons (Fsp3) is 0.321. The van der Waals surface area contributed by atoms with E-state index in [4.69, 9.17) is 14.2 Å². The lowest BCUT2D eigenvalue weighted by Gasteiger charge is -2.26. The average Bonchev–Trinajstić information content (AvgIpc) is 3.42. The van der Waals surface area contributed by atoms with Crippen LogP contribution in [0.4, 0.5) is 4.39 Å². The molecule has 7 nitrogen and oxygen atoms in total. The van der Waals surface area contributed by atoms with E-state index in [1.54, 1.807) is 48.5 Å². The lowest BCUT2D eigenvalue weighted by atomic mass is 10.1. The normalized spacial score (nSPS) is 15.6. The third-order valence-corrected chi connectivity index (χ3v) is 8.07. The SMILES string of the molecule is COC(=O)c1ccccc1S(=O)(=O)N(Cc1cccc(OCCc2ccccc2F)c1)CC1CCCO1. The van der Waals surface area contributed by atoms with Crippen LogP contribution >= 0.6 is 0 Å². The van der Waals surface area contributed by atoms with Crippen molar-refractivity contribution in [2.75, 3.05) is 26.9 Å². The molecule has 0 saturated carbocycles. The second-order valence-electron chi connectivity index (χ2n) is 8.76. The van der Waals surface area contributed by atoms with E-state index >= 15 is 0 Å². The lowest BCUT2D eigenvalue weighted by Crippen LogP contribution is -2.37. The number of carbonyl (C=O) groups is 1. The predicted octanol–water partition coefficient (Wildman–Crippen LogP) is 4.60. The number of benzene rings is 3. The molecule has 3 aromatic rings. The number of rotatable bonds is 11. The molecule has 0 radical (unpaired) electrons. The fourth-order valence-corrected chi connectivity index (χ4v) is 5.93. The summed E-state index contributed by atoms with van der Waals surface area (Å²) in [6.07, 6.45) is 1.79. The van der Waals surface area contributed by atoms with Crippen LogP contribution in [0, 0.1) is 5.82 Å². The van der Waals surface area contributed by atoms with E-state index in [0.29, 0.717) is 29.9 Å². The Hall–Kier alpha value is -3.27. The Kier molecular flexibility index (Phi) is 8.91. The molecule has 0 aromatic heterocycles. The number of hydrogen-bond acceptors (Lipinski definition) is 6. The van der Waals surface area contributed by atoms with Crippen LogP contribution in [0.25, 0.3) is 0 Å². The van der Waals surface area contributed by atoms with E-state index in [-0.39, 0.29) is 42.1 Å². The summed E-state index contributed by atoms with van der Waals surface area (Å²) in [4.78, 5) is 12.2. The second-order valence-corrected chi connectivity index (χ2v) is 10.7. The van der Waals surface area contributed by atoms with Crippen molar-refractivity contribution in [3.63, 3.8) is 0 Å². The molecule has 37 heavy (non-hydrogen) atoms. The van der Waals surface area contributed by atoms with Gasteiger partial charge in [-0.05, 0) is 54.3 Å². The molecule has 0 spiro atoms. The Bertz CT molecular complexity index is 1320. The van der Waals surface area contributed by atoms with E-state index < -0.39 is 16.0 Å². The van der Waals surface area contributed by atoms with Gasteiger partial charge in [0.05, 0.1) is 30.3 Å². The van der Waals surface area contributed by atoms with E-state index in [1.165, 1.54) is 29.6 Å². The maximum atomic E-state index is 13.9. The molecule has 1 heterocycles. The largest absolute Gasteiger partial charge is 0.493 e. The molecule has 9 heteroatoms. The van der Waals surface area contributed by atoms with Gasteiger partial charge in [-0.15, -0.1) is 0 Å². The topological polar surface area (TPSA) is 82.1 Å². The van der Waals surface area contributed by atoms with Gasteiger partial charge in [-0.3, -0.25) is 0 Å². The molecule has 196 valence electrons. The summed E-state index contributed by atoms with van der Waals surface area (Å²) in [5.41, 5.74) is 1.25. The summed E-state index contributed by atoms with van der Waals surface area (Å²) in [6, 6.07) is 19.7. The zero-order valence-corrected chi connectivity index (χ0v) is 21.5. The van der Waals surface area contributed by atoms with Crippen molar-refractivity contribution in [1.29, 1.82) is 0 Å². The standard InChI is InChI=1S/C28H30FNO6S/c1-34-28(31)25-12-3-5-14-27(25)37(32,33)30(20-24-11-7-16-35-24)19-21-8-6-10-23(18-21)36-17-15-22-9-2-4-13-26(22)29/h2-6,8-10,12-14,18,24H,7,11,15-17,19-20H2,1H3. The van der Waals surface area contributed by atoms with Crippen LogP contribution in [-0.2, 0) is 32.5 Å². The molecular weight excluding hydrogens is 497 g/mol. The van der Waals surface area contributed by atoms with Gasteiger partial charge in [0.15, 0.2) is 0 Å². The van der Waals surface area contributed by atoms with Crippen molar-refractivity contribution in [2.45, 2.75) is 36.8 Å². The number of nitrogens with zero attached hydrogens (tertiary/aromatic N) is 1. The first-order valence-corrected chi connectivity index (χ1v) is 13.6. The molecule has 1 saturated heterocycles. The Labute approximate surface area is 216 Å². The Morgan fingerprint density at radius 3 is 2.62 bits per heavy atom. The highest BCUT2D eigenvalue weighted by Crippen LogP contribution is 2.26. The first-order valence-electron chi connectivity index (χ1n) is 12.1. The zero-order chi connectivity index (χ0) is 26.3. The number of esters is 1. The molecule has 4 rings (SSSR count). The quantitative estimate of drug-likeness (QED) is 0.339. The summed E-state index contributed by atoms with van der Waals surface area (Å²) in [6.45, 7) is 1.07. The summed E-state index contributed by atoms with van der Waals surface area (Å²) in [5.74, 6) is -0.443. The van der Waals surface area contributed by atoms with Crippen molar-refractivity contribution < 1.29 is 31.8 Å². The van der Waals surface area contributed by atoms with Crippen LogP contribution in [0.15, 0.2) is 77.7 Å². The summed E-state index contributed by atoms with van der Waals surface area (Å²) in [7, 11) is -2.86. The third-order valence-electron chi connectivity index (χ3n) is 6.20. The number of carbonyl (C=O) groups excluding carboxylic acids is 1. The van der Waals surface area contributed by atoms with Crippen molar-refractivity contribution in [3.8, 4) is 5.75 Å². The van der Waals surface area contributed by atoms with Gasteiger partial charge in [0, 0.05) is 26.1 Å². The van der Waals surface area contributed by atoms with Crippen molar-refractivity contribution >= 4 is 16.0 Å². The highest BCUT2D eigenvalue weighted by atomic mass is 32.2. The average molecular weight is 528 g/mol. The number of ether oxygens (including phenoxy) is 3. The van der Waals surface area contributed by atoms with Gasteiger partial charge in [0.25, 0.3) is 0 Å². The minimum absolute atomic E-state index is 0.0208. The summed E-state index contributed by atoms with van der Waals surface area (Å²) >= 11 is 0. The summed E-state index contributed by atoms with van der Waals surface area (Å²) < 4.78 is 59.2. The number of sulfonamides is 1. The van der Waals surface area contributed by atoms with Crippen LogP contribution in [-0.4, -0.2) is 51.7 Å². The molecule has 1 unspecified atom stereocenters. The minimum Gasteiger partial charge on any atom is -0.493 e. The Balaban J connectivity index is 1.54. The van der Waals surface area contributed by atoms with Crippen LogP contribution in [0.1, 0.15) is 34.3 Å². The predicted molar refractivity (Wildman–Crippen MR) is 136 cm³/mol. The van der Waals surface area contributed by atoms with E-state index in [1.807, 2.05) is 6.07 Å². The summed E-state index contributed by atoms with van der Waals surface area (Å²) in [5, 5.41) is 0. The van der Waals surface area contributed by atoms with Gasteiger partial charge in [0.2, 0.25) is 10.0 Å². The van der Waals surface area contributed by atoms with Crippen LogP contribution in [0.5, 0.6) is 5.75 Å². The van der Waals surface area contributed by atoms with Gasteiger partial charge in [0.1, 0.15) is 11.6 Å². The van der Waals surface area contributed by atoms with Crippen LogP contribution < -0.4 is 4.74 Å². The van der Waals surface area contributed by atoms with Gasteiger partial charge >= 0.3 is 5.97 Å². The monoisotopic (exact) mass is 527 g/mol. The van der Waals surface area contributed by atoms with Crippen molar-refractivity contribution in [2.24, 2.45) is 0 Å². The molecule has 0 N–H and O–H groups in total. The molecule has 1 fully saturated rings. The molecule has 1 aliphatic heterocycles. The van der Waals surface area contributed by atoms with Gasteiger partial charge in [-0.1, -0.05) is 42.5 Å². The lowest BCUT2D eigenvalue weighted by molar-refractivity contribution is 0.0596. The van der Waals surface area contributed by atoms with Gasteiger partial charge < -0.3 is 14.2 Å². The van der Waals surface area contributed by atoms with E-state index in [2.05, 4.69) is 0 Å². The Morgan fingerprint density at radius 2 is 1.86 bits per heavy atom. The molecule has 0 bridgehead atoms. The second kappa shape index (κ2) is 12.3. The van der Waals surface area contributed by atoms with Gasteiger partial charge in [-0.2, -0.15) is 4.31 Å². The molecule has 3 aromatic carbocycles. The maximum Gasteiger partial charge on any atom is 0.339 e. The smallest absolute Gasteiger partial charge is 0.339 e. The maximum absolute atomic E-state index is 13.9. The number of halogens is 1. The number of hydrogen-bond donors (Lipinski definition) is 0. The van der Waals surface area contributed by atoms with Gasteiger partial charge in [-0.25, -0.2) is 17.6 Å². The first-order chi connectivity index (χ1) is 17.9. The third kappa shape index (κ3) is 6.74. The molecule has 1 aliphatic rings. The van der Waals surface area contributed by atoms with E-state index in [9.17, 15) is 17.6 Å². The van der Waals surface area contributed by atoms with E-state index in [0.717, 1.165) is 12.8 Å². The van der Waals surface area contributed by atoms with Crippen LogP contribution in [0.2, 0.25) is 0 Å². The first kappa shape index (κ1) is 26.8. The molecular formula is C28H30FNO6S. The fourth-order valence-electron chi connectivity index (χ4n) is 4.29. The van der Waals surface area contributed by atoms with Crippen molar-refractivity contribution in [1.82, 2.24) is 4.31 Å². The van der Waals surface area contributed by atoms with Crippen molar-refractivity contribution in [3.05, 3.63) is 95.3 Å².